The summed E-state index contributed by atoms with van der Waals surface area (Å²) in [7, 11) is -3.61. The van der Waals surface area contributed by atoms with E-state index in [0.717, 1.165) is 32.1 Å². The van der Waals surface area contributed by atoms with Crippen molar-refractivity contribution < 1.29 is 18.0 Å². The van der Waals surface area contributed by atoms with Crippen LogP contribution in [0.25, 0.3) is 0 Å². The van der Waals surface area contributed by atoms with Gasteiger partial charge in [-0.2, -0.15) is 0 Å². The molecule has 32 heavy (non-hydrogen) atoms. The summed E-state index contributed by atoms with van der Waals surface area (Å²) in [6, 6.07) is 6.42. The van der Waals surface area contributed by atoms with Gasteiger partial charge in [0.2, 0.25) is 21.8 Å². The molecule has 3 N–H and O–H groups in total. The maximum Gasteiger partial charge on any atom is 0.240 e. The Hall–Kier alpha value is -1.93. The number of hydrogen-bond donors (Lipinski definition) is 3. The van der Waals surface area contributed by atoms with Gasteiger partial charge in [-0.05, 0) is 74.1 Å². The van der Waals surface area contributed by atoms with Crippen LogP contribution < -0.4 is 15.4 Å². The lowest BCUT2D eigenvalue weighted by molar-refractivity contribution is -0.127. The molecule has 2 aliphatic carbocycles. The smallest absolute Gasteiger partial charge is 0.240 e. The Labute approximate surface area is 192 Å². The number of rotatable bonds is 7. The molecule has 3 atom stereocenters. The zero-order valence-corrected chi connectivity index (χ0v) is 20.2. The molecule has 2 amide bonds. The average molecular weight is 464 g/mol. The molecule has 0 heterocycles. The predicted octanol–water partition coefficient (Wildman–Crippen LogP) is 3.67. The summed E-state index contributed by atoms with van der Waals surface area (Å²) in [5, 5.41) is 5.92. The van der Waals surface area contributed by atoms with Gasteiger partial charge in [-0.15, -0.1) is 0 Å². The highest BCUT2D eigenvalue weighted by Crippen LogP contribution is 2.32. The van der Waals surface area contributed by atoms with Gasteiger partial charge in [-0.1, -0.05) is 26.7 Å². The van der Waals surface area contributed by atoms with Crippen LogP contribution in [0, 0.1) is 23.7 Å². The van der Waals surface area contributed by atoms with Crippen LogP contribution in [0.15, 0.2) is 29.2 Å². The molecule has 0 aromatic heterocycles. The molecule has 0 unspecified atom stereocenters. The third-order valence-corrected chi connectivity index (χ3v) is 8.74. The van der Waals surface area contributed by atoms with Crippen molar-refractivity contribution in [3.05, 3.63) is 24.3 Å². The topological polar surface area (TPSA) is 104 Å². The minimum absolute atomic E-state index is 0.0358. The molecule has 1 aromatic rings. The summed E-state index contributed by atoms with van der Waals surface area (Å²) in [4.78, 5) is 24.0. The number of carbonyl (C=O) groups is 2. The Morgan fingerprint density at radius 1 is 0.969 bits per heavy atom. The fourth-order valence-electron chi connectivity index (χ4n) is 4.95. The van der Waals surface area contributed by atoms with Gasteiger partial charge in [0.05, 0.1) is 4.90 Å². The van der Waals surface area contributed by atoms with E-state index in [1.807, 2.05) is 0 Å². The molecule has 0 bridgehead atoms. The zero-order chi connectivity index (χ0) is 23.3. The minimum atomic E-state index is -3.61. The minimum Gasteiger partial charge on any atom is -0.353 e. The Balaban J connectivity index is 1.44. The molecule has 7 nitrogen and oxygen atoms in total. The molecule has 1 aromatic carbocycles. The first-order valence-electron chi connectivity index (χ1n) is 11.8. The molecule has 178 valence electrons. The van der Waals surface area contributed by atoms with E-state index in [4.69, 9.17) is 0 Å². The number of sulfonamides is 1. The summed E-state index contributed by atoms with van der Waals surface area (Å²) in [5.41, 5.74) is 0.560. The van der Waals surface area contributed by atoms with Crippen molar-refractivity contribution in [3.8, 4) is 0 Å². The number of anilines is 1. The van der Waals surface area contributed by atoms with Gasteiger partial charge in [-0.25, -0.2) is 13.1 Å². The molecular formula is C24H37N3O4S. The monoisotopic (exact) mass is 463 g/mol. The van der Waals surface area contributed by atoms with Gasteiger partial charge in [0.15, 0.2) is 0 Å². The Kier molecular flexibility index (Phi) is 8.33. The van der Waals surface area contributed by atoms with E-state index >= 15 is 0 Å². The quantitative estimate of drug-likeness (QED) is 0.574. The highest BCUT2D eigenvalue weighted by atomic mass is 32.2. The summed E-state index contributed by atoms with van der Waals surface area (Å²) >= 11 is 0. The number of hydrogen-bond acceptors (Lipinski definition) is 4. The molecule has 8 heteroatoms. The normalized spacial score (nSPS) is 28.7. The number of amides is 2. The van der Waals surface area contributed by atoms with Crippen LogP contribution in [0.2, 0.25) is 0 Å². The largest absolute Gasteiger partial charge is 0.353 e. The van der Waals surface area contributed by atoms with E-state index in [-0.39, 0.29) is 34.6 Å². The molecule has 2 fully saturated rings. The number of nitrogens with one attached hydrogen (secondary N) is 3. The van der Waals surface area contributed by atoms with E-state index in [1.165, 1.54) is 31.9 Å². The molecule has 2 aliphatic rings. The summed E-state index contributed by atoms with van der Waals surface area (Å²) in [5.74, 6) is 1.42. The van der Waals surface area contributed by atoms with Gasteiger partial charge < -0.3 is 10.6 Å². The van der Waals surface area contributed by atoms with Gasteiger partial charge in [-0.3, -0.25) is 9.59 Å². The summed E-state index contributed by atoms with van der Waals surface area (Å²) < 4.78 is 27.9. The second-order valence-electron chi connectivity index (χ2n) is 9.66. The first kappa shape index (κ1) is 24.7. The summed E-state index contributed by atoms with van der Waals surface area (Å²) in [6.45, 7) is 6.29. The first-order chi connectivity index (χ1) is 15.2. The first-order valence-corrected chi connectivity index (χ1v) is 13.3. The van der Waals surface area contributed by atoms with Crippen molar-refractivity contribution in [1.82, 2.24) is 10.0 Å². The van der Waals surface area contributed by atoms with Crippen molar-refractivity contribution in [2.75, 3.05) is 11.9 Å². The molecule has 2 saturated carbocycles. The van der Waals surface area contributed by atoms with Gasteiger partial charge >= 0.3 is 0 Å². The van der Waals surface area contributed by atoms with Crippen LogP contribution in [-0.2, 0) is 19.6 Å². The molecule has 0 saturated heterocycles. The van der Waals surface area contributed by atoms with Gasteiger partial charge in [0, 0.05) is 31.1 Å². The second-order valence-corrected chi connectivity index (χ2v) is 11.4. The zero-order valence-electron chi connectivity index (χ0n) is 19.4. The van der Waals surface area contributed by atoms with E-state index in [2.05, 4.69) is 29.2 Å². The molecule has 3 rings (SSSR count). The van der Waals surface area contributed by atoms with Crippen LogP contribution in [-0.4, -0.2) is 32.8 Å². The van der Waals surface area contributed by atoms with Crippen molar-refractivity contribution in [2.24, 2.45) is 23.7 Å². The average Bonchev–Trinajstić information content (AvgIpc) is 2.76. The lowest BCUT2D eigenvalue weighted by Gasteiger charge is -2.36. The molecular weight excluding hydrogens is 426 g/mol. The van der Waals surface area contributed by atoms with Gasteiger partial charge in [0.1, 0.15) is 0 Å². The van der Waals surface area contributed by atoms with Crippen molar-refractivity contribution in [3.63, 3.8) is 0 Å². The van der Waals surface area contributed by atoms with E-state index in [0.29, 0.717) is 24.1 Å². The third kappa shape index (κ3) is 6.54. The third-order valence-electron chi connectivity index (χ3n) is 7.30. The van der Waals surface area contributed by atoms with Crippen LogP contribution in [0.1, 0.15) is 65.7 Å². The van der Waals surface area contributed by atoms with Gasteiger partial charge in [0.25, 0.3) is 0 Å². The fourth-order valence-corrected chi connectivity index (χ4v) is 6.06. The molecule has 0 aliphatic heterocycles. The molecule has 0 radical (unpaired) electrons. The lowest BCUT2D eigenvalue weighted by atomic mass is 9.77. The Morgan fingerprint density at radius 2 is 1.62 bits per heavy atom. The Morgan fingerprint density at radius 3 is 2.25 bits per heavy atom. The van der Waals surface area contributed by atoms with E-state index in [1.54, 1.807) is 12.1 Å². The fraction of sp³-hybridized carbons (Fsp3) is 0.667. The number of carbonyl (C=O) groups excluding carboxylic acids is 2. The maximum atomic E-state index is 12.8. The van der Waals surface area contributed by atoms with Crippen LogP contribution in [0.5, 0.6) is 0 Å². The molecule has 0 spiro atoms. The van der Waals surface area contributed by atoms with E-state index in [9.17, 15) is 18.0 Å². The summed E-state index contributed by atoms with van der Waals surface area (Å²) in [6.07, 6.45) is 6.80. The van der Waals surface area contributed by atoms with Crippen molar-refractivity contribution >= 4 is 27.5 Å². The van der Waals surface area contributed by atoms with Crippen LogP contribution in [0.4, 0.5) is 5.69 Å². The second kappa shape index (κ2) is 10.8. The van der Waals surface area contributed by atoms with Crippen molar-refractivity contribution in [2.45, 2.75) is 76.7 Å². The maximum absolute atomic E-state index is 12.8. The Bertz CT molecular complexity index is 892. The van der Waals surface area contributed by atoms with Crippen LogP contribution >= 0.6 is 0 Å². The van der Waals surface area contributed by atoms with Crippen LogP contribution in [0.3, 0.4) is 0 Å². The highest BCUT2D eigenvalue weighted by molar-refractivity contribution is 7.89. The lowest BCUT2D eigenvalue weighted by Crippen LogP contribution is -2.46. The van der Waals surface area contributed by atoms with Crippen molar-refractivity contribution in [1.29, 1.82) is 0 Å². The van der Waals surface area contributed by atoms with E-state index < -0.39 is 10.0 Å². The standard InChI is InChI=1S/C24H37N3O4S/c1-16-5-4-6-23(17(16)2)27-24(29)20-9-7-19(8-10-20)15-25-32(30,31)22-13-11-21(12-14-22)26-18(3)28/h11-14,16-17,19-20,23,25H,4-10,15H2,1-3H3,(H,26,28)(H,27,29)/t16-,17-,19?,20?,23-/m1/s1. The number of benzene rings is 1. The SMILES string of the molecule is CC(=O)Nc1ccc(S(=O)(=O)NCC2CCC(C(=O)N[C@@H]3CCC[C@@H](C)[C@H]3C)CC2)cc1. The predicted molar refractivity (Wildman–Crippen MR) is 125 cm³/mol. The highest BCUT2D eigenvalue weighted by Gasteiger charge is 2.32.